The van der Waals surface area contributed by atoms with Gasteiger partial charge in [-0.05, 0) is 19.4 Å². The normalized spacial score (nSPS) is 10.9. The van der Waals surface area contributed by atoms with Crippen LogP contribution in [0.1, 0.15) is 19.4 Å². The molecule has 0 saturated carbocycles. The zero-order valence-electron chi connectivity index (χ0n) is 13.5. The summed E-state index contributed by atoms with van der Waals surface area (Å²) in [5, 5.41) is 6.44. The molecule has 0 saturated heterocycles. The lowest BCUT2D eigenvalue weighted by Gasteiger charge is -2.11. The first-order valence-electron chi connectivity index (χ1n) is 7.58. The number of hydrogen-bond acceptors (Lipinski definition) is 3. The number of ether oxygens (including phenoxy) is 2. The Morgan fingerprint density at radius 1 is 1.05 bits per heavy atom. The van der Waals surface area contributed by atoms with Crippen molar-refractivity contribution in [2.75, 3.05) is 39.5 Å². The predicted molar refractivity (Wildman–Crippen MR) is 102 cm³/mol. The molecule has 22 heavy (non-hydrogen) atoms. The van der Waals surface area contributed by atoms with E-state index >= 15 is 0 Å². The third-order valence-electron chi connectivity index (χ3n) is 2.70. The van der Waals surface area contributed by atoms with Gasteiger partial charge in [0.05, 0.1) is 26.4 Å². The number of nitrogens with zero attached hydrogens (tertiary/aromatic N) is 1. The molecule has 6 heteroatoms. The van der Waals surface area contributed by atoms with E-state index in [1.165, 1.54) is 5.56 Å². The minimum atomic E-state index is 0. The summed E-state index contributed by atoms with van der Waals surface area (Å²) in [6.07, 6.45) is 0. The molecular weight excluding hydrogens is 393 g/mol. The molecule has 0 heterocycles. The molecule has 0 fully saturated rings. The van der Waals surface area contributed by atoms with E-state index in [9.17, 15) is 0 Å². The molecule has 0 spiro atoms. The summed E-state index contributed by atoms with van der Waals surface area (Å²) in [6, 6.07) is 10.2. The van der Waals surface area contributed by atoms with Gasteiger partial charge < -0.3 is 20.1 Å². The fourth-order valence-corrected chi connectivity index (χ4v) is 1.71. The monoisotopic (exact) mass is 421 g/mol. The fraction of sp³-hybridized carbons (Fsp3) is 0.562. The second-order valence-electron chi connectivity index (χ2n) is 4.42. The predicted octanol–water partition coefficient (Wildman–Crippen LogP) is 2.41. The fourth-order valence-electron chi connectivity index (χ4n) is 1.71. The van der Waals surface area contributed by atoms with Gasteiger partial charge in [-0.3, -0.25) is 4.99 Å². The van der Waals surface area contributed by atoms with Crippen molar-refractivity contribution in [3.8, 4) is 0 Å². The largest absolute Gasteiger partial charge is 0.380 e. The molecule has 5 nitrogen and oxygen atoms in total. The lowest BCUT2D eigenvalue weighted by Crippen LogP contribution is -2.39. The molecule has 1 rings (SSSR count). The molecule has 0 atom stereocenters. The maximum atomic E-state index is 5.62. The van der Waals surface area contributed by atoms with Gasteiger partial charge in [0.1, 0.15) is 0 Å². The van der Waals surface area contributed by atoms with Crippen LogP contribution >= 0.6 is 24.0 Å². The van der Waals surface area contributed by atoms with Crippen LogP contribution in [-0.4, -0.2) is 45.4 Å². The van der Waals surface area contributed by atoms with Crippen molar-refractivity contribution in [2.45, 2.75) is 20.5 Å². The number of benzene rings is 1. The SMILES string of the molecule is CCNC(=NCCOCC)NCCOCc1ccccc1.I. The van der Waals surface area contributed by atoms with Gasteiger partial charge in [-0.25, -0.2) is 0 Å². The topological polar surface area (TPSA) is 54.9 Å². The highest BCUT2D eigenvalue weighted by Gasteiger charge is 1.97. The summed E-state index contributed by atoms with van der Waals surface area (Å²) in [5.41, 5.74) is 1.19. The van der Waals surface area contributed by atoms with E-state index < -0.39 is 0 Å². The van der Waals surface area contributed by atoms with Gasteiger partial charge in [-0.2, -0.15) is 0 Å². The Morgan fingerprint density at radius 3 is 2.50 bits per heavy atom. The Bertz CT molecular complexity index is 388. The Balaban J connectivity index is 0.00000441. The molecular formula is C16H28IN3O2. The third kappa shape index (κ3) is 10.8. The second kappa shape index (κ2) is 15.1. The number of rotatable bonds is 10. The van der Waals surface area contributed by atoms with E-state index in [1.54, 1.807) is 0 Å². The second-order valence-corrected chi connectivity index (χ2v) is 4.42. The molecule has 0 aliphatic rings. The first-order valence-corrected chi connectivity index (χ1v) is 7.58. The summed E-state index contributed by atoms with van der Waals surface area (Å²) in [4.78, 5) is 4.42. The highest BCUT2D eigenvalue weighted by atomic mass is 127. The van der Waals surface area contributed by atoms with Crippen LogP contribution in [0.4, 0.5) is 0 Å². The van der Waals surface area contributed by atoms with Crippen molar-refractivity contribution in [3.05, 3.63) is 35.9 Å². The molecule has 0 aliphatic carbocycles. The van der Waals surface area contributed by atoms with Gasteiger partial charge >= 0.3 is 0 Å². The standard InChI is InChI=1S/C16H27N3O2.HI/c1-3-17-16(18-10-12-20-4-2)19-11-13-21-14-15-8-6-5-7-9-15;/h5-9H,3-4,10-14H2,1-2H3,(H2,17,18,19);1H. The lowest BCUT2D eigenvalue weighted by molar-refractivity contribution is 0.125. The molecule has 0 unspecified atom stereocenters. The van der Waals surface area contributed by atoms with Crippen LogP contribution in [0, 0.1) is 0 Å². The van der Waals surface area contributed by atoms with Crippen LogP contribution in [-0.2, 0) is 16.1 Å². The van der Waals surface area contributed by atoms with E-state index in [2.05, 4.69) is 27.8 Å². The molecule has 0 amide bonds. The minimum absolute atomic E-state index is 0. The molecule has 0 aromatic heterocycles. The Labute approximate surface area is 150 Å². The average Bonchev–Trinajstić information content (AvgIpc) is 2.52. The highest BCUT2D eigenvalue weighted by Crippen LogP contribution is 1.99. The summed E-state index contributed by atoms with van der Waals surface area (Å²) in [5.74, 6) is 0.806. The molecule has 2 N–H and O–H groups in total. The zero-order valence-corrected chi connectivity index (χ0v) is 15.8. The number of hydrogen-bond donors (Lipinski definition) is 2. The maximum absolute atomic E-state index is 5.62. The Hall–Kier alpha value is -0.860. The van der Waals surface area contributed by atoms with Gasteiger partial charge in [0.2, 0.25) is 0 Å². The van der Waals surface area contributed by atoms with Crippen molar-refractivity contribution in [2.24, 2.45) is 4.99 Å². The highest BCUT2D eigenvalue weighted by molar-refractivity contribution is 14.0. The third-order valence-corrected chi connectivity index (χ3v) is 2.70. The number of nitrogens with one attached hydrogen (secondary N) is 2. The Morgan fingerprint density at radius 2 is 1.82 bits per heavy atom. The van der Waals surface area contributed by atoms with Gasteiger partial charge in [-0.15, -0.1) is 24.0 Å². The van der Waals surface area contributed by atoms with Crippen LogP contribution in [0.2, 0.25) is 0 Å². The van der Waals surface area contributed by atoms with E-state index in [0.29, 0.717) is 26.4 Å². The number of aliphatic imine (C=N–C) groups is 1. The quantitative estimate of drug-likeness (QED) is 0.264. The molecule has 1 aromatic rings. The smallest absolute Gasteiger partial charge is 0.191 e. The summed E-state index contributed by atoms with van der Waals surface area (Å²) >= 11 is 0. The van der Waals surface area contributed by atoms with Crippen LogP contribution in [0.15, 0.2) is 35.3 Å². The lowest BCUT2D eigenvalue weighted by atomic mass is 10.2. The average molecular weight is 421 g/mol. The van der Waals surface area contributed by atoms with E-state index in [-0.39, 0.29) is 24.0 Å². The molecule has 1 aromatic carbocycles. The van der Waals surface area contributed by atoms with Crippen molar-refractivity contribution < 1.29 is 9.47 Å². The molecule has 0 bridgehead atoms. The van der Waals surface area contributed by atoms with Crippen molar-refractivity contribution >= 4 is 29.9 Å². The molecule has 0 aliphatic heterocycles. The summed E-state index contributed by atoms with van der Waals surface area (Å²) < 4.78 is 10.9. The number of halogens is 1. The summed E-state index contributed by atoms with van der Waals surface area (Å²) in [6.45, 7) is 8.92. The van der Waals surface area contributed by atoms with Crippen molar-refractivity contribution in [1.82, 2.24) is 10.6 Å². The van der Waals surface area contributed by atoms with E-state index in [1.807, 2.05) is 32.0 Å². The molecule has 126 valence electrons. The summed E-state index contributed by atoms with van der Waals surface area (Å²) in [7, 11) is 0. The van der Waals surface area contributed by atoms with Gasteiger partial charge in [0.25, 0.3) is 0 Å². The zero-order chi connectivity index (χ0) is 15.2. The Kier molecular flexibility index (Phi) is 14.5. The minimum Gasteiger partial charge on any atom is -0.380 e. The van der Waals surface area contributed by atoms with Gasteiger partial charge in [-0.1, -0.05) is 30.3 Å². The van der Waals surface area contributed by atoms with Gasteiger partial charge in [0, 0.05) is 19.7 Å². The van der Waals surface area contributed by atoms with E-state index in [0.717, 1.165) is 25.7 Å². The number of guanidine groups is 1. The molecule has 0 radical (unpaired) electrons. The maximum Gasteiger partial charge on any atom is 0.191 e. The van der Waals surface area contributed by atoms with Crippen LogP contribution in [0.5, 0.6) is 0 Å². The first kappa shape index (κ1) is 21.1. The van der Waals surface area contributed by atoms with Crippen molar-refractivity contribution in [3.63, 3.8) is 0 Å². The van der Waals surface area contributed by atoms with Crippen LogP contribution in [0.25, 0.3) is 0 Å². The van der Waals surface area contributed by atoms with E-state index in [4.69, 9.17) is 9.47 Å². The first-order chi connectivity index (χ1) is 10.4. The van der Waals surface area contributed by atoms with Crippen LogP contribution < -0.4 is 10.6 Å². The van der Waals surface area contributed by atoms with Crippen molar-refractivity contribution in [1.29, 1.82) is 0 Å². The van der Waals surface area contributed by atoms with Crippen LogP contribution in [0.3, 0.4) is 0 Å². The van der Waals surface area contributed by atoms with Gasteiger partial charge in [0.15, 0.2) is 5.96 Å².